The molecule has 17 aromatic rings. The Morgan fingerprint density at radius 3 is 0.918 bits per heavy atom. The average Bonchev–Trinajstić information content (AvgIpc) is 1.57. The van der Waals surface area contributed by atoms with Gasteiger partial charge < -0.3 is 9.13 Å². The second-order valence-electron chi connectivity index (χ2n) is 24.5. The van der Waals surface area contributed by atoms with Crippen molar-refractivity contribution in [1.29, 1.82) is 15.8 Å². The maximum Gasteiger partial charge on any atom is 0.164 e. The highest BCUT2D eigenvalue weighted by atomic mass is 15.0. The highest BCUT2D eigenvalue weighted by Gasteiger charge is 2.24. The summed E-state index contributed by atoms with van der Waals surface area (Å²) in [5, 5.41) is 36.3. The first kappa shape index (κ1) is 58.0. The van der Waals surface area contributed by atoms with Gasteiger partial charge in [0.1, 0.15) is 0 Å². The Kier molecular flexibility index (Phi) is 14.5. The molecule has 3 heterocycles. The maximum absolute atomic E-state index is 10.9. The first-order valence-electron chi connectivity index (χ1n) is 32.5. The van der Waals surface area contributed by atoms with Gasteiger partial charge in [-0.2, -0.15) is 15.8 Å². The summed E-state index contributed by atoms with van der Waals surface area (Å²) in [7, 11) is 0. The molecule has 0 unspecified atom stereocenters. The fourth-order valence-corrected chi connectivity index (χ4v) is 14.0. The minimum absolute atomic E-state index is 0.379. The number of fused-ring (bicyclic) bond motifs is 6. The molecular weight excluding hydrogens is 1190 g/mol. The summed E-state index contributed by atoms with van der Waals surface area (Å²) in [4.78, 5) is 16.8. The number of nitriles is 3. The fraction of sp³-hybridized carbons (Fsp3) is 0. The highest BCUT2D eigenvalue weighted by molar-refractivity contribution is 6.13. The van der Waals surface area contributed by atoms with E-state index in [2.05, 4.69) is 234 Å². The first-order valence-corrected chi connectivity index (χ1v) is 32.5. The molecule has 0 aliphatic rings. The lowest BCUT2D eigenvalue weighted by Gasteiger charge is -2.17. The third kappa shape index (κ3) is 10.5. The van der Waals surface area contributed by atoms with Crippen molar-refractivity contribution in [3.8, 4) is 142 Å². The van der Waals surface area contributed by atoms with Crippen LogP contribution in [0.4, 0.5) is 0 Å². The van der Waals surface area contributed by atoms with E-state index in [-0.39, 0.29) is 0 Å². The number of rotatable bonds is 12. The third-order valence-corrected chi connectivity index (χ3v) is 18.7. The van der Waals surface area contributed by atoms with Crippen LogP contribution in [-0.4, -0.2) is 24.1 Å². The van der Waals surface area contributed by atoms with Crippen LogP contribution in [0.25, 0.3) is 167 Å². The standard InChI is InChI=1S/C90H54N8/c91-55-58-20-19-31-67(44-58)78-34-17-18-35-79(78)90-95-88(72-45-70(76-32-15-13-29-68(76)56-92)47-74(49-72)97-84-40-36-63(59-21-5-1-6-22-59)51-80(84)81-52-64(37-41-85(81)97)60-23-7-2-8-24-60)94-89(96-90)73-46-71(77-33-16-14-30-69(77)57-93)48-75(50-73)98-86-42-38-65(61-25-9-3-10-26-61)53-82(86)83-54-66(39-43-87(83)98)62-27-11-4-12-28-62/h1-54H. The Morgan fingerprint density at radius 2 is 0.541 bits per heavy atom. The summed E-state index contributed by atoms with van der Waals surface area (Å²) in [6.45, 7) is 0. The van der Waals surface area contributed by atoms with Crippen LogP contribution in [0.15, 0.2) is 328 Å². The van der Waals surface area contributed by atoms with E-state index < -0.39 is 0 Å². The van der Waals surface area contributed by atoms with Gasteiger partial charge in [0.15, 0.2) is 17.5 Å². The highest BCUT2D eigenvalue weighted by Crippen LogP contribution is 2.44. The van der Waals surface area contributed by atoms with Gasteiger partial charge in [0.2, 0.25) is 0 Å². The van der Waals surface area contributed by atoms with Gasteiger partial charge in [-0.15, -0.1) is 0 Å². The quantitative estimate of drug-likeness (QED) is 0.120. The van der Waals surface area contributed by atoms with Crippen LogP contribution >= 0.6 is 0 Å². The molecule has 0 N–H and O–H groups in total. The lowest BCUT2D eigenvalue weighted by molar-refractivity contribution is 1.07. The minimum Gasteiger partial charge on any atom is -0.309 e. The molecule has 3 aromatic heterocycles. The molecule has 0 bridgehead atoms. The molecule has 0 saturated heterocycles. The van der Waals surface area contributed by atoms with E-state index in [0.29, 0.717) is 45.3 Å². The Hall–Kier alpha value is -13.8. The van der Waals surface area contributed by atoms with Crippen molar-refractivity contribution < 1.29 is 0 Å². The molecule has 98 heavy (non-hydrogen) atoms. The van der Waals surface area contributed by atoms with E-state index in [1.807, 2.05) is 115 Å². The van der Waals surface area contributed by atoms with Gasteiger partial charge in [-0.25, -0.2) is 15.0 Å². The number of aromatic nitrogens is 5. The molecule has 0 fully saturated rings. The predicted octanol–water partition coefficient (Wildman–Crippen LogP) is 22.4. The van der Waals surface area contributed by atoms with Gasteiger partial charge in [-0.3, -0.25) is 0 Å². The Bertz CT molecular complexity index is 5630. The fourth-order valence-electron chi connectivity index (χ4n) is 14.0. The summed E-state index contributed by atoms with van der Waals surface area (Å²) < 4.78 is 4.63. The zero-order valence-corrected chi connectivity index (χ0v) is 52.8. The molecule has 14 aromatic carbocycles. The minimum atomic E-state index is 0.379. The van der Waals surface area contributed by atoms with E-state index in [1.165, 1.54) is 0 Å². The lowest BCUT2D eigenvalue weighted by Crippen LogP contribution is -2.04. The van der Waals surface area contributed by atoms with E-state index in [9.17, 15) is 15.8 Å². The van der Waals surface area contributed by atoms with Crippen LogP contribution in [0, 0.1) is 34.0 Å². The van der Waals surface area contributed by atoms with Gasteiger partial charge >= 0.3 is 0 Å². The molecular formula is C90H54N8. The van der Waals surface area contributed by atoms with E-state index in [4.69, 9.17) is 15.0 Å². The van der Waals surface area contributed by atoms with Gasteiger partial charge in [0.25, 0.3) is 0 Å². The zero-order valence-electron chi connectivity index (χ0n) is 52.8. The van der Waals surface area contributed by atoms with Gasteiger partial charge in [0.05, 0.1) is 57.0 Å². The smallest absolute Gasteiger partial charge is 0.164 e. The zero-order chi connectivity index (χ0) is 65.6. The molecule has 8 nitrogen and oxygen atoms in total. The van der Waals surface area contributed by atoms with Crippen molar-refractivity contribution >= 4 is 43.6 Å². The SMILES string of the molecule is N#Cc1cccc(-c2ccccc2-c2nc(-c3cc(-c4ccccc4C#N)cc(-n4c5ccc(-c6ccccc6)cc5c5cc(-c6ccccc6)ccc54)c3)nc(-c3cc(-c4ccccc4C#N)cc(-n4c5ccc(-c6ccccc6)cc5c5cc(-c6ccccc6)ccc54)c3)n2)c1. The number of hydrogen-bond acceptors (Lipinski definition) is 6. The summed E-state index contributed by atoms with van der Waals surface area (Å²) in [5.41, 5.74) is 22.8. The molecule has 0 radical (unpaired) electrons. The molecule has 0 atom stereocenters. The predicted molar refractivity (Wildman–Crippen MR) is 397 cm³/mol. The van der Waals surface area contributed by atoms with E-state index in [0.717, 1.165) is 138 Å². The summed E-state index contributed by atoms with van der Waals surface area (Å²) >= 11 is 0. The van der Waals surface area contributed by atoms with Crippen molar-refractivity contribution in [2.45, 2.75) is 0 Å². The lowest BCUT2D eigenvalue weighted by atomic mass is 9.96. The largest absolute Gasteiger partial charge is 0.309 e. The summed E-state index contributed by atoms with van der Waals surface area (Å²) in [6, 6.07) is 120. The second-order valence-corrected chi connectivity index (χ2v) is 24.5. The van der Waals surface area contributed by atoms with Crippen molar-refractivity contribution in [2.24, 2.45) is 0 Å². The number of benzene rings is 14. The third-order valence-electron chi connectivity index (χ3n) is 18.7. The van der Waals surface area contributed by atoms with Crippen LogP contribution in [0.1, 0.15) is 16.7 Å². The molecule has 8 heteroatoms. The normalized spacial score (nSPS) is 11.2. The van der Waals surface area contributed by atoms with Crippen LogP contribution in [0.2, 0.25) is 0 Å². The van der Waals surface area contributed by atoms with Crippen LogP contribution in [-0.2, 0) is 0 Å². The molecule has 454 valence electrons. The van der Waals surface area contributed by atoms with Crippen molar-refractivity contribution in [3.63, 3.8) is 0 Å². The second kappa shape index (κ2) is 24.6. The van der Waals surface area contributed by atoms with Gasteiger partial charge in [-0.1, -0.05) is 218 Å². The van der Waals surface area contributed by atoms with Gasteiger partial charge in [0, 0.05) is 49.6 Å². The monoisotopic (exact) mass is 1250 g/mol. The number of nitrogens with zero attached hydrogens (tertiary/aromatic N) is 8. The summed E-state index contributed by atoms with van der Waals surface area (Å²) in [6.07, 6.45) is 0. The van der Waals surface area contributed by atoms with Crippen molar-refractivity contribution in [2.75, 3.05) is 0 Å². The molecule has 0 amide bonds. The maximum atomic E-state index is 10.9. The molecule has 0 aliphatic carbocycles. The summed E-state index contributed by atoms with van der Waals surface area (Å²) in [5.74, 6) is 1.16. The average molecular weight is 1250 g/mol. The van der Waals surface area contributed by atoms with Crippen LogP contribution < -0.4 is 0 Å². The molecule has 17 rings (SSSR count). The Labute approximate surface area is 566 Å². The van der Waals surface area contributed by atoms with Gasteiger partial charge in [-0.05, 0) is 187 Å². The molecule has 0 aliphatic heterocycles. The first-order chi connectivity index (χ1) is 48.4. The van der Waals surface area contributed by atoms with Crippen molar-refractivity contribution in [3.05, 3.63) is 344 Å². The Balaban J connectivity index is 0.945. The Morgan fingerprint density at radius 1 is 0.214 bits per heavy atom. The number of hydrogen-bond donors (Lipinski definition) is 0. The van der Waals surface area contributed by atoms with Crippen LogP contribution in [0.3, 0.4) is 0 Å². The van der Waals surface area contributed by atoms with Crippen molar-refractivity contribution in [1.82, 2.24) is 24.1 Å². The van der Waals surface area contributed by atoms with E-state index >= 15 is 0 Å². The molecule has 0 saturated carbocycles. The van der Waals surface area contributed by atoms with Crippen LogP contribution in [0.5, 0.6) is 0 Å². The molecule has 0 spiro atoms. The topological polar surface area (TPSA) is 120 Å². The van der Waals surface area contributed by atoms with E-state index in [1.54, 1.807) is 6.07 Å².